The van der Waals surface area contributed by atoms with Gasteiger partial charge in [0.2, 0.25) is 0 Å². The second kappa shape index (κ2) is 7.11. The smallest absolute Gasteiger partial charge is 0.263 e. The molecule has 1 aliphatic heterocycles. The van der Waals surface area contributed by atoms with Gasteiger partial charge in [0.1, 0.15) is 16.8 Å². The monoisotopic (exact) mass is 359 g/mol. The summed E-state index contributed by atoms with van der Waals surface area (Å²) in [6.45, 7) is 1.74. The Labute approximate surface area is 146 Å². The zero-order valence-corrected chi connectivity index (χ0v) is 14.4. The van der Waals surface area contributed by atoms with E-state index in [1.54, 1.807) is 12.1 Å². The summed E-state index contributed by atoms with van der Waals surface area (Å²) < 4.78 is 41.6. The highest BCUT2D eigenvalue weighted by Gasteiger charge is 2.21. The first kappa shape index (κ1) is 17.2. The van der Waals surface area contributed by atoms with Gasteiger partial charge in [-0.25, -0.2) is 12.8 Å². The minimum atomic E-state index is -4.06. The van der Waals surface area contributed by atoms with Crippen molar-refractivity contribution in [2.75, 3.05) is 22.7 Å². The molecule has 3 rings (SSSR count). The van der Waals surface area contributed by atoms with Gasteiger partial charge in [0.05, 0.1) is 11.3 Å². The van der Waals surface area contributed by atoms with E-state index in [1.165, 1.54) is 36.8 Å². The number of halogens is 1. The van der Waals surface area contributed by atoms with Gasteiger partial charge in [-0.2, -0.15) is 5.26 Å². The van der Waals surface area contributed by atoms with Crippen molar-refractivity contribution in [3.63, 3.8) is 0 Å². The highest BCUT2D eigenvalue weighted by atomic mass is 32.2. The van der Waals surface area contributed by atoms with Crippen LogP contribution < -0.4 is 9.62 Å². The Morgan fingerprint density at radius 3 is 2.52 bits per heavy atom. The maximum absolute atomic E-state index is 14.2. The van der Waals surface area contributed by atoms with Crippen molar-refractivity contribution in [3.05, 3.63) is 53.8 Å². The number of rotatable bonds is 4. The van der Waals surface area contributed by atoms with Gasteiger partial charge in [0, 0.05) is 18.8 Å². The van der Waals surface area contributed by atoms with Gasteiger partial charge in [-0.15, -0.1) is 0 Å². The summed E-state index contributed by atoms with van der Waals surface area (Å²) in [5.41, 5.74) is 0.686. The van der Waals surface area contributed by atoms with E-state index in [9.17, 15) is 12.8 Å². The number of anilines is 2. The van der Waals surface area contributed by atoms with E-state index in [1.807, 2.05) is 6.07 Å². The predicted molar refractivity (Wildman–Crippen MR) is 94.4 cm³/mol. The standard InChI is InChI=1S/C18H18FN3O2S/c19-16-9-8-15(22-10-4-1-5-11-22)12-17(16)21-25(23,24)18-7-3-2-6-14(18)13-20/h2-3,6-9,12,21H,1,4-5,10-11H2. The van der Waals surface area contributed by atoms with Crippen LogP contribution in [0.25, 0.3) is 0 Å². The van der Waals surface area contributed by atoms with Crippen LogP contribution in [0.5, 0.6) is 0 Å². The minimum absolute atomic E-state index is 0.0163. The molecule has 0 radical (unpaired) electrons. The van der Waals surface area contributed by atoms with E-state index < -0.39 is 15.8 Å². The van der Waals surface area contributed by atoms with Crippen LogP contribution in [0, 0.1) is 17.1 Å². The SMILES string of the molecule is N#Cc1ccccc1S(=O)(=O)Nc1cc(N2CCCCC2)ccc1F. The molecule has 2 aromatic carbocycles. The van der Waals surface area contributed by atoms with Crippen molar-refractivity contribution in [2.45, 2.75) is 24.2 Å². The summed E-state index contributed by atoms with van der Waals surface area (Å²) >= 11 is 0. The quantitative estimate of drug-likeness (QED) is 0.907. The number of benzene rings is 2. The first-order valence-electron chi connectivity index (χ1n) is 8.08. The number of nitrogens with zero attached hydrogens (tertiary/aromatic N) is 2. The molecule has 1 saturated heterocycles. The lowest BCUT2D eigenvalue weighted by Gasteiger charge is -2.29. The number of nitrogens with one attached hydrogen (secondary N) is 1. The molecule has 1 heterocycles. The number of piperidine rings is 1. The van der Waals surface area contributed by atoms with E-state index in [4.69, 9.17) is 5.26 Å². The molecule has 5 nitrogen and oxygen atoms in total. The van der Waals surface area contributed by atoms with Crippen LogP contribution in [-0.4, -0.2) is 21.5 Å². The highest BCUT2D eigenvalue weighted by molar-refractivity contribution is 7.92. The normalized spacial score (nSPS) is 14.8. The molecule has 2 aromatic rings. The van der Waals surface area contributed by atoms with Gasteiger partial charge in [-0.3, -0.25) is 4.72 Å². The van der Waals surface area contributed by atoms with Crippen molar-refractivity contribution in [1.29, 1.82) is 5.26 Å². The van der Waals surface area contributed by atoms with Crippen LogP contribution in [-0.2, 0) is 10.0 Å². The molecular formula is C18H18FN3O2S. The fourth-order valence-corrected chi connectivity index (χ4v) is 4.15. The molecule has 1 aliphatic rings. The van der Waals surface area contributed by atoms with Crippen LogP contribution in [0.4, 0.5) is 15.8 Å². The summed E-state index contributed by atoms with van der Waals surface area (Å²) in [4.78, 5) is 1.95. The molecule has 0 aromatic heterocycles. The molecule has 0 atom stereocenters. The average molecular weight is 359 g/mol. The van der Waals surface area contributed by atoms with Crippen molar-refractivity contribution < 1.29 is 12.8 Å². The van der Waals surface area contributed by atoms with Gasteiger partial charge in [-0.05, 0) is 49.6 Å². The van der Waals surface area contributed by atoms with E-state index in [-0.39, 0.29) is 16.1 Å². The number of hydrogen-bond donors (Lipinski definition) is 1. The first-order valence-corrected chi connectivity index (χ1v) is 9.56. The molecule has 1 fully saturated rings. The topological polar surface area (TPSA) is 73.2 Å². The van der Waals surface area contributed by atoms with Crippen LogP contribution in [0.1, 0.15) is 24.8 Å². The molecule has 0 spiro atoms. The molecule has 1 N–H and O–H groups in total. The Kier molecular flexibility index (Phi) is 4.91. The van der Waals surface area contributed by atoms with Crippen LogP contribution >= 0.6 is 0 Å². The summed E-state index contributed by atoms with van der Waals surface area (Å²) in [7, 11) is -4.06. The summed E-state index contributed by atoms with van der Waals surface area (Å²) in [5.74, 6) is -0.654. The summed E-state index contributed by atoms with van der Waals surface area (Å²) in [5, 5.41) is 9.09. The highest BCUT2D eigenvalue weighted by Crippen LogP contribution is 2.27. The van der Waals surface area contributed by atoms with Gasteiger partial charge < -0.3 is 4.90 Å². The first-order chi connectivity index (χ1) is 12.0. The van der Waals surface area contributed by atoms with Gasteiger partial charge in [0.15, 0.2) is 0 Å². The molecule has 0 amide bonds. The molecule has 0 aliphatic carbocycles. The Morgan fingerprint density at radius 2 is 1.80 bits per heavy atom. The average Bonchev–Trinajstić information content (AvgIpc) is 2.64. The van der Waals surface area contributed by atoms with E-state index >= 15 is 0 Å². The second-order valence-corrected chi connectivity index (χ2v) is 7.58. The Balaban J connectivity index is 1.93. The van der Waals surface area contributed by atoms with Crippen molar-refractivity contribution in [1.82, 2.24) is 0 Å². The van der Waals surface area contributed by atoms with Gasteiger partial charge in [-0.1, -0.05) is 12.1 Å². The van der Waals surface area contributed by atoms with Gasteiger partial charge >= 0.3 is 0 Å². The fraction of sp³-hybridized carbons (Fsp3) is 0.278. The largest absolute Gasteiger partial charge is 0.371 e. The molecule has 7 heteroatoms. The van der Waals surface area contributed by atoms with Crippen molar-refractivity contribution >= 4 is 21.4 Å². The maximum Gasteiger partial charge on any atom is 0.263 e. The minimum Gasteiger partial charge on any atom is -0.371 e. The second-order valence-electron chi connectivity index (χ2n) is 5.93. The molecule has 130 valence electrons. The predicted octanol–water partition coefficient (Wildman–Crippen LogP) is 3.49. The van der Waals surface area contributed by atoms with E-state index in [0.717, 1.165) is 31.6 Å². The lowest BCUT2D eigenvalue weighted by molar-refractivity contribution is 0.576. The zero-order valence-electron chi connectivity index (χ0n) is 13.6. The number of nitriles is 1. The van der Waals surface area contributed by atoms with E-state index in [2.05, 4.69) is 9.62 Å². The van der Waals surface area contributed by atoms with Crippen LogP contribution in [0.15, 0.2) is 47.4 Å². The van der Waals surface area contributed by atoms with Crippen LogP contribution in [0.2, 0.25) is 0 Å². The Hall–Kier alpha value is -2.59. The molecule has 0 bridgehead atoms. The van der Waals surface area contributed by atoms with Crippen molar-refractivity contribution in [3.8, 4) is 6.07 Å². The fourth-order valence-electron chi connectivity index (χ4n) is 2.93. The Bertz CT molecular complexity index is 916. The molecular weight excluding hydrogens is 341 g/mol. The molecule has 25 heavy (non-hydrogen) atoms. The third kappa shape index (κ3) is 3.74. The van der Waals surface area contributed by atoms with E-state index in [0.29, 0.717) is 0 Å². The zero-order chi connectivity index (χ0) is 17.9. The van der Waals surface area contributed by atoms with Crippen LogP contribution in [0.3, 0.4) is 0 Å². The lowest BCUT2D eigenvalue weighted by atomic mass is 10.1. The summed E-state index contributed by atoms with van der Waals surface area (Å²) in [6.07, 6.45) is 3.30. The van der Waals surface area contributed by atoms with Gasteiger partial charge in [0.25, 0.3) is 10.0 Å². The summed E-state index contributed by atoms with van der Waals surface area (Å²) in [6, 6.07) is 12.1. The maximum atomic E-state index is 14.2. The molecule has 0 unspecified atom stereocenters. The lowest BCUT2D eigenvalue weighted by Crippen LogP contribution is -2.29. The third-order valence-electron chi connectivity index (χ3n) is 4.21. The number of hydrogen-bond acceptors (Lipinski definition) is 4. The molecule has 0 saturated carbocycles. The number of sulfonamides is 1. The Morgan fingerprint density at radius 1 is 1.08 bits per heavy atom. The third-order valence-corrected chi connectivity index (χ3v) is 5.64. The van der Waals surface area contributed by atoms with Crippen molar-refractivity contribution in [2.24, 2.45) is 0 Å².